The Balaban J connectivity index is 2.78. The second-order valence-electron chi connectivity index (χ2n) is 5.26. The molecular weight excluding hydrogens is 256 g/mol. The predicted molar refractivity (Wildman–Crippen MR) is 82.9 cm³/mol. The molecular formula is C15H22N2OS. The van der Waals surface area contributed by atoms with E-state index >= 15 is 0 Å². The molecule has 3 nitrogen and oxygen atoms in total. The van der Waals surface area contributed by atoms with Gasteiger partial charge in [0.2, 0.25) is 5.91 Å². The summed E-state index contributed by atoms with van der Waals surface area (Å²) in [6.07, 6.45) is 0.567. The molecule has 2 N–H and O–H groups in total. The van der Waals surface area contributed by atoms with Crippen LogP contribution in [-0.4, -0.2) is 29.4 Å². The van der Waals surface area contributed by atoms with Gasteiger partial charge in [0.1, 0.15) is 0 Å². The number of carbonyl (C=O) groups is 1. The van der Waals surface area contributed by atoms with Crippen LogP contribution in [0.1, 0.15) is 19.4 Å². The molecule has 19 heavy (non-hydrogen) atoms. The monoisotopic (exact) mass is 278 g/mol. The summed E-state index contributed by atoms with van der Waals surface area (Å²) in [5.74, 6) is 0.0175. The maximum Gasteiger partial charge on any atom is 0.232 e. The second-order valence-corrected chi connectivity index (χ2v) is 5.73. The van der Waals surface area contributed by atoms with Crippen molar-refractivity contribution >= 4 is 23.1 Å². The van der Waals surface area contributed by atoms with Gasteiger partial charge in [0.15, 0.2) is 0 Å². The number of amides is 1. The van der Waals surface area contributed by atoms with Crippen LogP contribution >= 0.6 is 12.2 Å². The van der Waals surface area contributed by atoms with E-state index in [1.54, 1.807) is 11.9 Å². The summed E-state index contributed by atoms with van der Waals surface area (Å²) in [6, 6.07) is 9.83. The largest absolute Gasteiger partial charge is 0.393 e. The van der Waals surface area contributed by atoms with Crippen molar-refractivity contribution in [1.29, 1.82) is 0 Å². The molecule has 1 amide bonds. The molecule has 0 saturated carbocycles. The molecule has 0 saturated heterocycles. The summed E-state index contributed by atoms with van der Waals surface area (Å²) >= 11 is 5.06. The molecule has 1 aromatic rings. The lowest BCUT2D eigenvalue weighted by molar-refractivity contribution is -0.132. The fraction of sp³-hybridized carbons (Fsp3) is 0.467. The highest BCUT2D eigenvalue weighted by Crippen LogP contribution is 2.13. The maximum absolute atomic E-state index is 12.4. The minimum Gasteiger partial charge on any atom is -0.393 e. The van der Waals surface area contributed by atoms with Gasteiger partial charge < -0.3 is 10.6 Å². The van der Waals surface area contributed by atoms with E-state index in [1.165, 1.54) is 0 Å². The van der Waals surface area contributed by atoms with Crippen LogP contribution in [0, 0.1) is 11.8 Å². The average molecular weight is 278 g/mol. The molecule has 1 rings (SSSR count). The van der Waals surface area contributed by atoms with Crippen LogP contribution in [0.5, 0.6) is 0 Å². The first kappa shape index (κ1) is 15.6. The fourth-order valence-electron chi connectivity index (χ4n) is 2.06. The Kier molecular flexibility index (Phi) is 5.96. The molecule has 0 aliphatic rings. The Bertz CT molecular complexity index is 431. The normalized spacial score (nSPS) is 12.2. The highest BCUT2D eigenvalue weighted by Gasteiger charge is 2.25. The lowest BCUT2D eigenvalue weighted by Crippen LogP contribution is -2.41. The molecule has 0 bridgehead atoms. The lowest BCUT2D eigenvalue weighted by Gasteiger charge is -2.24. The fourth-order valence-corrected chi connectivity index (χ4v) is 2.25. The maximum atomic E-state index is 12.4. The third-order valence-corrected chi connectivity index (χ3v) is 3.22. The van der Waals surface area contributed by atoms with E-state index < -0.39 is 5.92 Å². The van der Waals surface area contributed by atoms with Gasteiger partial charge >= 0.3 is 0 Å². The number of nitrogens with two attached hydrogens (primary N) is 1. The first-order valence-electron chi connectivity index (χ1n) is 6.50. The van der Waals surface area contributed by atoms with Crippen molar-refractivity contribution in [3.05, 3.63) is 35.9 Å². The summed E-state index contributed by atoms with van der Waals surface area (Å²) in [6.45, 7) is 4.88. The zero-order valence-electron chi connectivity index (χ0n) is 11.8. The molecule has 1 unspecified atom stereocenters. The molecule has 0 fully saturated rings. The highest BCUT2D eigenvalue weighted by atomic mass is 32.1. The molecule has 0 spiro atoms. The van der Waals surface area contributed by atoms with Gasteiger partial charge in [-0.25, -0.2) is 0 Å². The predicted octanol–water partition coefficient (Wildman–Crippen LogP) is 2.25. The third kappa shape index (κ3) is 4.99. The summed E-state index contributed by atoms with van der Waals surface area (Å²) in [4.78, 5) is 14.4. The van der Waals surface area contributed by atoms with Crippen LogP contribution in [0.25, 0.3) is 0 Å². The summed E-state index contributed by atoms with van der Waals surface area (Å²) < 4.78 is 0. The van der Waals surface area contributed by atoms with Crippen LogP contribution in [0.15, 0.2) is 30.3 Å². The van der Waals surface area contributed by atoms with E-state index in [1.807, 2.05) is 30.3 Å². The molecule has 1 atom stereocenters. The van der Waals surface area contributed by atoms with Crippen molar-refractivity contribution < 1.29 is 4.79 Å². The van der Waals surface area contributed by atoms with Crippen LogP contribution < -0.4 is 5.73 Å². The number of hydrogen-bond acceptors (Lipinski definition) is 2. The number of rotatable bonds is 6. The third-order valence-electron chi connectivity index (χ3n) is 2.94. The zero-order chi connectivity index (χ0) is 14.4. The molecule has 0 aromatic heterocycles. The van der Waals surface area contributed by atoms with Crippen molar-refractivity contribution in [2.45, 2.75) is 20.3 Å². The Labute approximate surface area is 120 Å². The first-order valence-corrected chi connectivity index (χ1v) is 6.91. The van der Waals surface area contributed by atoms with Gasteiger partial charge in [0.25, 0.3) is 0 Å². The quantitative estimate of drug-likeness (QED) is 0.812. The van der Waals surface area contributed by atoms with E-state index in [9.17, 15) is 4.79 Å². The van der Waals surface area contributed by atoms with Crippen molar-refractivity contribution in [3.63, 3.8) is 0 Å². The van der Waals surface area contributed by atoms with Crippen molar-refractivity contribution in [2.75, 3.05) is 13.6 Å². The van der Waals surface area contributed by atoms with E-state index in [4.69, 9.17) is 18.0 Å². The van der Waals surface area contributed by atoms with E-state index in [0.29, 0.717) is 18.9 Å². The van der Waals surface area contributed by atoms with Crippen molar-refractivity contribution in [3.8, 4) is 0 Å². The van der Waals surface area contributed by atoms with Crippen molar-refractivity contribution in [2.24, 2.45) is 17.6 Å². The second kappa shape index (κ2) is 7.24. The van der Waals surface area contributed by atoms with Gasteiger partial charge in [-0.15, -0.1) is 0 Å². The van der Waals surface area contributed by atoms with Gasteiger partial charge in [0, 0.05) is 13.6 Å². The lowest BCUT2D eigenvalue weighted by atomic mass is 9.97. The van der Waals surface area contributed by atoms with Gasteiger partial charge in [0.05, 0.1) is 10.9 Å². The molecule has 0 heterocycles. The summed E-state index contributed by atoms with van der Waals surface area (Å²) in [7, 11) is 1.80. The topological polar surface area (TPSA) is 46.3 Å². The molecule has 0 aliphatic heterocycles. The Hall–Kier alpha value is -1.42. The van der Waals surface area contributed by atoms with Crippen molar-refractivity contribution in [1.82, 2.24) is 4.90 Å². The molecule has 0 aliphatic carbocycles. The van der Waals surface area contributed by atoms with E-state index in [-0.39, 0.29) is 10.9 Å². The molecule has 4 heteroatoms. The Morgan fingerprint density at radius 3 is 2.37 bits per heavy atom. The zero-order valence-corrected chi connectivity index (χ0v) is 12.6. The van der Waals surface area contributed by atoms with Crippen LogP contribution in [0.4, 0.5) is 0 Å². The summed E-state index contributed by atoms with van der Waals surface area (Å²) in [5.41, 5.74) is 6.81. The standard InChI is InChI=1S/C15H22N2OS/c1-11(2)10-17(3)15(18)13(14(16)19)9-12-7-5-4-6-8-12/h4-8,11,13H,9-10H2,1-3H3,(H2,16,19). The Morgan fingerprint density at radius 2 is 1.89 bits per heavy atom. The Morgan fingerprint density at radius 1 is 1.32 bits per heavy atom. The average Bonchev–Trinajstić information content (AvgIpc) is 2.35. The number of nitrogens with zero attached hydrogens (tertiary/aromatic N) is 1. The minimum atomic E-state index is -0.416. The molecule has 1 aromatic carbocycles. The first-order chi connectivity index (χ1) is 8.91. The van der Waals surface area contributed by atoms with Gasteiger partial charge in [-0.1, -0.05) is 56.4 Å². The van der Waals surface area contributed by atoms with Gasteiger partial charge in [-0.3, -0.25) is 4.79 Å². The number of thiocarbonyl (C=S) groups is 1. The SMILES string of the molecule is CC(C)CN(C)C(=O)C(Cc1ccccc1)C(N)=S. The highest BCUT2D eigenvalue weighted by molar-refractivity contribution is 7.80. The minimum absolute atomic E-state index is 0.00468. The smallest absolute Gasteiger partial charge is 0.232 e. The van der Waals surface area contributed by atoms with Gasteiger partial charge in [-0.05, 0) is 17.9 Å². The summed E-state index contributed by atoms with van der Waals surface area (Å²) in [5, 5.41) is 0. The number of hydrogen-bond donors (Lipinski definition) is 1. The number of carbonyl (C=O) groups excluding carboxylic acids is 1. The molecule has 0 radical (unpaired) electrons. The number of benzene rings is 1. The van der Waals surface area contributed by atoms with E-state index in [2.05, 4.69) is 13.8 Å². The molecule has 104 valence electrons. The van der Waals surface area contributed by atoms with Crippen LogP contribution in [0.2, 0.25) is 0 Å². The van der Waals surface area contributed by atoms with Crippen LogP contribution in [-0.2, 0) is 11.2 Å². The van der Waals surface area contributed by atoms with Crippen LogP contribution in [0.3, 0.4) is 0 Å². The van der Waals surface area contributed by atoms with E-state index in [0.717, 1.165) is 5.56 Å². The van der Waals surface area contributed by atoms with Gasteiger partial charge in [-0.2, -0.15) is 0 Å².